The van der Waals surface area contributed by atoms with Gasteiger partial charge in [-0.1, -0.05) is 18.2 Å². The Morgan fingerprint density at radius 2 is 1.93 bits per heavy atom. The molecule has 3 rings (SSSR count). The van der Waals surface area contributed by atoms with Crippen molar-refractivity contribution in [2.24, 2.45) is 10.1 Å². The molecule has 7 heteroatoms. The molecule has 1 heterocycles. The fourth-order valence-electron chi connectivity index (χ4n) is 2.53. The van der Waals surface area contributed by atoms with E-state index in [4.69, 9.17) is 9.47 Å². The van der Waals surface area contributed by atoms with Gasteiger partial charge in [0, 0.05) is 17.0 Å². The maximum absolute atomic E-state index is 13.1. The Bertz CT molecular complexity index is 1050. The normalized spacial score (nSPS) is 11.8. The molecule has 0 saturated heterocycles. The van der Waals surface area contributed by atoms with Crippen LogP contribution in [-0.2, 0) is 0 Å². The molecule has 0 amide bonds. The van der Waals surface area contributed by atoms with Crippen LogP contribution in [0.3, 0.4) is 0 Å². The van der Waals surface area contributed by atoms with Crippen molar-refractivity contribution < 1.29 is 13.9 Å². The molecule has 5 nitrogen and oxygen atoms in total. The summed E-state index contributed by atoms with van der Waals surface area (Å²) in [6.07, 6.45) is 3.39. The molecule has 3 aromatic rings. The van der Waals surface area contributed by atoms with Gasteiger partial charge < -0.3 is 9.47 Å². The zero-order valence-electron chi connectivity index (χ0n) is 15.6. The lowest BCUT2D eigenvalue weighted by Crippen LogP contribution is -2.12. The molecule has 0 atom stereocenters. The van der Waals surface area contributed by atoms with Crippen molar-refractivity contribution in [3.05, 3.63) is 76.7 Å². The number of aromatic nitrogens is 1. The van der Waals surface area contributed by atoms with Crippen LogP contribution >= 0.6 is 11.3 Å². The van der Waals surface area contributed by atoms with E-state index in [9.17, 15) is 4.39 Å². The molecule has 0 saturated carbocycles. The largest absolute Gasteiger partial charge is 0.497 e. The fourth-order valence-corrected chi connectivity index (χ4v) is 3.37. The third-order valence-corrected chi connectivity index (χ3v) is 4.77. The summed E-state index contributed by atoms with van der Waals surface area (Å²) < 4.78 is 25.7. The van der Waals surface area contributed by atoms with Crippen molar-refractivity contribution in [3.8, 4) is 22.8 Å². The van der Waals surface area contributed by atoms with Gasteiger partial charge in [-0.2, -0.15) is 5.10 Å². The molecular weight excluding hydrogens is 377 g/mol. The van der Waals surface area contributed by atoms with E-state index in [1.807, 2.05) is 23.6 Å². The highest BCUT2D eigenvalue weighted by Crippen LogP contribution is 2.33. The standard InChI is InChI=1S/C21H20FN3O2S/c1-4-11-23-21-25(24-13-15-5-7-16(22)8-6-15)19(14-28-21)18-10-9-17(26-2)12-20(18)27-3/h4-10,12-14H,1,11H2,2-3H3. The average molecular weight is 397 g/mol. The number of hydrogen-bond donors (Lipinski definition) is 0. The van der Waals surface area contributed by atoms with Crippen LogP contribution in [0.1, 0.15) is 5.56 Å². The second kappa shape index (κ2) is 9.14. The monoisotopic (exact) mass is 397 g/mol. The Labute approximate surface area is 166 Å². The Morgan fingerprint density at radius 3 is 2.61 bits per heavy atom. The molecule has 0 aliphatic rings. The van der Waals surface area contributed by atoms with Gasteiger partial charge in [0.05, 0.1) is 32.7 Å². The topological polar surface area (TPSA) is 48.1 Å². The average Bonchev–Trinajstić information content (AvgIpc) is 3.13. The van der Waals surface area contributed by atoms with E-state index >= 15 is 0 Å². The summed E-state index contributed by atoms with van der Waals surface area (Å²) in [7, 11) is 3.22. The summed E-state index contributed by atoms with van der Waals surface area (Å²) in [5.74, 6) is 1.08. The maximum Gasteiger partial charge on any atom is 0.206 e. The predicted molar refractivity (Wildman–Crippen MR) is 111 cm³/mol. The first-order valence-corrected chi connectivity index (χ1v) is 9.38. The molecule has 0 radical (unpaired) electrons. The minimum atomic E-state index is -0.286. The van der Waals surface area contributed by atoms with E-state index in [1.165, 1.54) is 23.5 Å². The number of nitrogens with zero attached hydrogens (tertiary/aromatic N) is 3. The van der Waals surface area contributed by atoms with Crippen molar-refractivity contribution in [2.45, 2.75) is 0 Å². The van der Waals surface area contributed by atoms with Gasteiger partial charge in [0.25, 0.3) is 0 Å². The summed E-state index contributed by atoms with van der Waals surface area (Å²) in [6, 6.07) is 11.7. The predicted octanol–water partition coefficient (Wildman–Crippen LogP) is 4.34. The summed E-state index contributed by atoms with van der Waals surface area (Å²) in [4.78, 5) is 5.22. The van der Waals surface area contributed by atoms with Crippen LogP contribution in [0.5, 0.6) is 11.5 Å². The molecule has 0 fully saturated rings. The summed E-state index contributed by atoms with van der Waals surface area (Å²) in [6.45, 7) is 4.19. The lowest BCUT2D eigenvalue weighted by Gasteiger charge is -2.10. The van der Waals surface area contributed by atoms with Gasteiger partial charge in [0.15, 0.2) is 0 Å². The van der Waals surface area contributed by atoms with Crippen LogP contribution in [0, 0.1) is 5.82 Å². The Kier molecular flexibility index (Phi) is 6.39. The van der Waals surface area contributed by atoms with Crippen LogP contribution in [0.25, 0.3) is 11.3 Å². The molecular formula is C21H20FN3O2S. The molecule has 28 heavy (non-hydrogen) atoms. The third kappa shape index (κ3) is 4.37. The van der Waals surface area contributed by atoms with Gasteiger partial charge >= 0.3 is 0 Å². The van der Waals surface area contributed by atoms with Gasteiger partial charge in [-0.3, -0.25) is 4.99 Å². The number of rotatable bonds is 7. The first-order chi connectivity index (χ1) is 13.7. The van der Waals surface area contributed by atoms with Gasteiger partial charge in [-0.25, -0.2) is 9.07 Å². The quantitative estimate of drug-likeness (QED) is 0.440. The van der Waals surface area contributed by atoms with Crippen LogP contribution < -0.4 is 14.3 Å². The Hall–Kier alpha value is -3.19. The highest BCUT2D eigenvalue weighted by Gasteiger charge is 2.13. The molecule has 0 aliphatic heterocycles. The molecule has 1 aromatic heterocycles. The summed E-state index contributed by atoms with van der Waals surface area (Å²) >= 11 is 1.47. The van der Waals surface area contributed by atoms with E-state index in [2.05, 4.69) is 16.7 Å². The number of benzene rings is 2. The number of ether oxygens (including phenoxy) is 2. The molecule has 2 aromatic carbocycles. The van der Waals surface area contributed by atoms with Crippen molar-refractivity contribution in [1.82, 2.24) is 4.68 Å². The Balaban J connectivity index is 2.11. The van der Waals surface area contributed by atoms with Crippen LogP contribution in [0.2, 0.25) is 0 Å². The van der Waals surface area contributed by atoms with Crippen molar-refractivity contribution in [3.63, 3.8) is 0 Å². The van der Waals surface area contributed by atoms with Gasteiger partial charge in [0.2, 0.25) is 4.80 Å². The summed E-state index contributed by atoms with van der Waals surface area (Å²) in [5, 5.41) is 6.54. The molecule has 0 spiro atoms. The van der Waals surface area contributed by atoms with Gasteiger partial charge in [-0.15, -0.1) is 17.9 Å². The lowest BCUT2D eigenvalue weighted by molar-refractivity contribution is 0.395. The molecule has 0 aliphatic carbocycles. The van der Waals surface area contributed by atoms with Gasteiger partial charge in [-0.05, 0) is 29.8 Å². The van der Waals surface area contributed by atoms with E-state index in [0.717, 1.165) is 16.8 Å². The molecule has 144 valence electrons. The number of halogens is 1. The van der Waals surface area contributed by atoms with E-state index in [1.54, 1.807) is 43.3 Å². The van der Waals surface area contributed by atoms with Crippen LogP contribution in [-0.4, -0.2) is 31.7 Å². The number of methoxy groups -OCH3 is 2. The highest BCUT2D eigenvalue weighted by molar-refractivity contribution is 7.07. The van der Waals surface area contributed by atoms with Crippen LogP contribution in [0.15, 0.2) is 70.6 Å². The molecule has 0 bridgehead atoms. The van der Waals surface area contributed by atoms with Crippen molar-refractivity contribution in [2.75, 3.05) is 20.8 Å². The minimum Gasteiger partial charge on any atom is -0.497 e. The zero-order chi connectivity index (χ0) is 19.9. The first-order valence-electron chi connectivity index (χ1n) is 8.50. The minimum absolute atomic E-state index is 0.286. The Morgan fingerprint density at radius 1 is 1.14 bits per heavy atom. The van der Waals surface area contributed by atoms with Gasteiger partial charge in [0.1, 0.15) is 17.3 Å². The van der Waals surface area contributed by atoms with E-state index in [-0.39, 0.29) is 5.82 Å². The maximum atomic E-state index is 13.1. The van der Waals surface area contributed by atoms with Crippen LogP contribution in [0.4, 0.5) is 4.39 Å². The highest BCUT2D eigenvalue weighted by atomic mass is 32.1. The number of hydrogen-bond acceptors (Lipinski definition) is 5. The smallest absolute Gasteiger partial charge is 0.206 e. The molecule has 0 N–H and O–H groups in total. The second-order valence-electron chi connectivity index (χ2n) is 5.71. The third-order valence-electron chi connectivity index (χ3n) is 3.92. The first kappa shape index (κ1) is 19.6. The van der Waals surface area contributed by atoms with Crippen molar-refractivity contribution in [1.29, 1.82) is 0 Å². The fraction of sp³-hybridized carbons (Fsp3) is 0.143. The van der Waals surface area contributed by atoms with E-state index < -0.39 is 0 Å². The van der Waals surface area contributed by atoms with Crippen molar-refractivity contribution >= 4 is 17.6 Å². The second-order valence-corrected chi connectivity index (χ2v) is 6.54. The zero-order valence-corrected chi connectivity index (χ0v) is 16.4. The van der Waals surface area contributed by atoms with E-state index in [0.29, 0.717) is 22.8 Å². The number of thiazole rings is 1. The summed E-state index contributed by atoms with van der Waals surface area (Å²) in [5.41, 5.74) is 2.46. The molecule has 0 unspecified atom stereocenters. The lowest BCUT2D eigenvalue weighted by atomic mass is 10.1. The SMILES string of the molecule is C=CCN=c1scc(-c2ccc(OC)cc2OC)n1N=Cc1ccc(F)cc1.